The Morgan fingerprint density at radius 1 is 0.824 bits per heavy atom. The third-order valence-electron chi connectivity index (χ3n) is 5.37. The van der Waals surface area contributed by atoms with E-state index in [-0.39, 0.29) is 0 Å². The molecule has 4 unspecified atom stereocenters. The molecule has 1 fully saturated rings. The van der Waals surface area contributed by atoms with Gasteiger partial charge in [-0.2, -0.15) is 0 Å². The van der Waals surface area contributed by atoms with E-state index in [0.717, 1.165) is 29.6 Å². The highest BCUT2D eigenvalue weighted by Gasteiger charge is 2.41. The zero-order valence-corrected chi connectivity index (χ0v) is 12.8. The summed E-state index contributed by atoms with van der Waals surface area (Å²) in [5, 5.41) is 0. The summed E-state index contributed by atoms with van der Waals surface area (Å²) < 4.78 is 0. The lowest BCUT2D eigenvalue weighted by Crippen LogP contribution is -1.98. The maximum Gasteiger partial charge on any atom is -0.0357 e. The zero-order valence-electron chi connectivity index (χ0n) is 12.8. The van der Waals surface area contributed by atoms with Gasteiger partial charge in [0.05, 0.1) is 0 Å². The summed E-state index contributed by atoms with van der Waals surface area (Å²) in [6, 6.07) is 0. The first-order valence-electron chi connectivity index (χ1n) is 8.06. The maximum atomic E-state index is 2.46. The first-order valence-corrected chi connectivity index (χ1v) is 8.06. The van der Waals surface area contributed by atoms with Crippen molar-refractivity contribution in [3.63, 3.8) is 0 Å². The van der Waals surface area contributed by atoms with Crippen LogP contribution in [-0.4, -0.2) is 0 Å². The van der Waals surface area contributed by atoms with E-state index in [4.69, 9.17) is 0 Å². The molecule has 0 aromatic carbocycles. The van der Waals surface area contributed by atoms with Crippen LogP contribution in [0.1, 0.15) is 79.6 Å². The molecule has 0 spiro atoms. The Hall–Kier alpha value is 0. The van der Waals surface area contributed by atoms with Crippen LogP contribution in [0.4, 0.5) is 0 Å². The van der Waals surface area contributed by atoms with Crippen LogP contribution >= 0.6 is 0 Å². The molecule has 17 heavy (non-hydrogen) atoms. The van der Waals surface area contributed by atoms with E-state index in [1.165, 1.54) is 44.9 Å². The molecule has 0 aromatic heterocycles. The van der Waals surface area contributed by atoms with Crippen LogP contribution in [0.5, 0.6) is 0 Å². The molecule has 0 amide bonds. The Balaban J connectivity index is 1.93. The van der Waals surface area contributed by atoms with E-state index in [0.29, 0.717) is 0 Å². The Morgan fingerprint density at radius 3 is 1.82 bits per heavy atom. The van der Waals surface area contributed by atoms with Gasteiger partial charge in [-0.15, -0.1) is 0 Å². The maximum absolute atomic E-state index is 2.46. The highest BCUT2D eigenvalue weighted by molar-refractivity contribution is 4.90. The monoisotopic (exact) mass is 238 g/mol. The van der Waals surface area contributed by atoms with Crippen molar-refractivity contribution < 1.29 is 0 Å². The van der Waals surface area contributed by atoms with Gasteiger partial charge >= 0.3 is 0 Å². The van der Waals surface area contributed by atoms with Crippen LogP contribution in [0.15, 0.2) is 0 Å². The van der Waals surface area contributed by atoms with Crippen LogP contribution in [0.25, 0.3) is 0 Å². The topological polar surface area (TPSA) is 0 Å². The van der Waals surface area contributed by atoms with E-state index in [1.807, 2.05) is 0 Å². The summed E-state index contributed by atoms with van der Waals surface area (Å²) in [5.41, 5.74) is 0. The third-order valence-corrected chi connectivity index (χ3v) is 5.37. The second kappa shape index (κ2) is 7.44. The predicted molar refractivity (Wildman–Crippen MR) is 78.1 cm³/mol. The summed E-state index contributed by atoms with van der Waals surface area (Å²) in [6.45, 7) is 12.0. The summed E-state index contributed by atoms with van der Waals surface area (Å²) in [5.74, 6) is 5.02. The van der Waals surface area contributed by atoms with Gasteiger partial charge in [-0.25, -0.2) is 0 Å². The van der Waals surface area contributed by atoms with Crippen molar-refractivity contribution in [2.24, 2.45) is 29.6 Å². The van der Waals surface area contributed by atoms with Gasteiger partial charge in [0.2, 0.25) is 0 Å². The van der Waals surface area contributed by atoms with E-state index in [1.54, 1.807) is 0 Å². The molecule has 102 valence electrons. The fraction of sp³-hybridized carbons (Fsp3) is 1.00. The van der Waals surface area contributed by atoms with Gasteiger partial charge in [-0.05, 0) is 36.0 Å². The van der Waals surface area contributed by atoms with Gasteiger partial charge in [0, 0.05) is 0 Å². The molecule has 1 rings (SSSR count). The third kappa shape index (κ3) is 5.44. The molecule has 0 nitrogen and oxygen atoms in total. The molecule has 1 saturated carbocycles. The van der Waals surface area contributed by atoms with E-state index in [9.17, 15) is 0 Å². The molecule has 1 aliphatic carbocycles. The Morgan fingerprint density at radius 2 is 1.35 bits per heavy atom. The van der Waals surface area contributed by atoms with Crippen molar-refractivity contribution in [2.75, 3.05) is 0 Å². The SMILES string of the molecule is CCC(C)CCCCC(C)CCC1C(C)C1C. The van der Waals surface area contributed by atoms with Crippen molar-refractivity contribution >= 4 is 0 Å². The summed E-state index contributed by atoms with van der Waals surface area (Å²) in [7, 11) is 0. The molecule has 0 aromatic rings. The van der Waals surface area contributed by atoms with Gasteiger partial charge in [0.15, 0.2) is 0 Å². The minimum Gasteiger partial charge on any atom is -0.0651 e. The standard InChI is InChI=1S/C17H34/c1-6-13(2)9-7-8-10-14(3)11-12-17-15(4)16(17)5/h13-17H,6-12H2,1-5H3. The molecule has 1 aliphatic rings. The van der Waals surface area contributed by atoms with Crippen LogP contribution in [0.3, 0.4) is 0 Å². The lowest BCUT2D eigenvalue weighted by molar-refractivity contribution is 0.408. The highest BCUT2D eigenvalue weighted by atomic mass is 14.5. The largest absolute Gasteiger partial charge is 0.0651 e. The summed E-state index contributed by atoms with van der Waals surface area (Å²) >= 11 is 0. The smallest absolute Gasteiger partial charge is 0.0357 e. The van der Waals surface area contributed by atoms with E-state index in [2.05, 4.69) is 34.6 Å². The minimum absolute atomic E-state index is 0.943. The second-order valence-corrected chi connectivity index (χ2v) is 6.86. The molecule has 0 heteroatoms. The Labute approximate surface area is 110 Å². The molecule has 0 saturated heterocycles. The predicted octanol–water partition coefficient (Wildman–Crippen LogP) is 5.91. The minimum atomic E-state index is 0.943. The number of rotatable bonds is 9. The molecular formula is C17H34. The first kappa shape index (κ1) is 15.1. The Bertz CT molecular complexity index is 188. The molecule has 0 N–H and O–H groups in total. The van der Waals surface area contributed by atoms with Crippen LogP contribution in [0.2, 0.25) is 0 Å². The van der Waals surface area contributed by atoms with Crippen LogP contribution in [0, 0.1) is 29.6 Å². The van der Waals surface area contributed by atoms with Crippen molar-refractivity contribution in [1.82, 2.24) is 0 Å². The van der Waals surface area contributed by atoms with Gasteiger partial charge < -0.3 is 0 Å². The molecule has 0 bridgehead atoms. The lowest BCUT2D eigenvalue weighted by Gasteiger charge is -2.12. The van der Waals surface area contributed by atoms with Crippen molar-refractivity contribution in [3.8, 4) is 0 Å². The molecule has 4 atom stereocenters. The molecule has 0 heterocycles. The van der Waals surface area contributed by atoms with E-state index < -0.39 is 0 Å². The Kier molecular flexibility index (Phi) is 6.59. The molecular weight excluding hydrogens is 204 g/mol. The average molecular weight is 238 g/mol. The second-order valence-electron chi connectivity index (χ2n) is 6.86. The van der Waals surface area contributed by atoms with Gasteiger partial charge in [-0.3, -0.25) is 0 Å². The van der Waals surface area contributed by atoms with Gasteiger partial charge in [-0.1, -0.05) is 73.1 Å². The van der Waals surface area contributed by atoms with Crippen LogP contribution < -0.4 is 0 Å². The fourth-order valence-electron chi connectivity index (χ4n) is 3.10. The van der Waals surface area contributed by atoms with Crippen molar-refractivity contribution in [3.05, 3.63) is 0 Å². The highest BCUT2D eigenvalue weighted by Crippen LogP contribution is 2.48. The van der Waals surface area contributed by atoms with Gasteiger partial charge in [0.25, 0.3) is 0 Å². The fourth-order valence-corrected chi connectivity index (χ4v) is 3.10. The summed E-state index contributed by atoms with van der Waals surface area (Å²) in [4.78, 5) is 0. The summed E-state index contributed by atoms with van der Waals surface area (Å²) in [6.07, 6.45) is 10.1. The normalized spacial score (nSPS) is 31.2. The van der Waals surface area contributed by atoms with Crippen LogP contribution in [-0.2, 0) is 0 Å². The van der Waals surface area contributed by atoms with E-state index >= 15 is 0 Å². The first-order chi connectivity index (χ1) is 8.06. The number of unbranched alkanes of at least 4 members (excludes halogenated alkanes) is 1. The number of hydrogen-bond donors (Lipinski definition) is 0. The average Bonchev–Trinajstić information content (AvgIpc) is 2.89. The number of hydrogen-bond acceptors (Lipinski definition) is 0. The zero-order chi connectivity index (χ0) is 12.8. The molecule has 0 aliphatic heterocycles. The quantitative estimate of drug-likeness (QED) is 0.438. The lowest BCUT2D eigenvalue weighted by atomic mass is 9.94. The van der Waals surface area contributed by atoms with Crippen molar-refractivity contribution in [2.45, 2.75) is 79.6 Å². The van der Waals surface area contributed by atoms with Gasteiger partial charge in [0.1, 0.15) is 0 Å². The van der Waals surface area contributed by atoms with Crippen molar-refractivity contribution in [1.29, 1.82) is 0 Å². The molecule has 0 radical (unpaired) electrons.